The van der Waals surface area contributed by atoms with Crippen molar-refractivity contribution in [3.63, 3.8) is 0 Å². The predicted octanol–water partition coefficient (Wildman–Crippen LogP) is 2.04. The third-order valence-electron chi connectivity index (χ3n) is 5.25. The van der Waals surface area contributed by atoms with Crippen LogP contribution in [0.25, 0.3) is 0 Å². The fourth-order valence-corrected chi connectivity index (χ4v) is 3.86. The number of piperidine rings is 2. The van der Waals surface area contributed by atoms with Crippen molar-refractivity contribution in [2.24, 2.45) is 0 Å². The highest BCUT2D eigenvalue weighted by Gasteiger charge is 2.26. The Bertz CT molecular complexity index is 620. The largest absolute Gasteiger partial charge is 0.375 e. The predicted molar refractivity (Wildman–Crippen MR) is 101 cm³/mol. The van der Waals surface area contributed by atoms with Crippen LogP contribution in [0.15, 0.2) is 24.3 Å². The quantitative estimate of drug-likeness (QED) is 0.874. The lowest BCUT2D eigenvalue weighted by molar-refractivity contribution is -0.125. The summed E-state index contributed by atoms with van der Waals surface area (Å²) in [5.41, 5.74) is 1.82. The fraction of sp³-hybridized carbons (Fsp3) is 0.600. The Balaban J connectivity index is 1.63. The Morgan fingerprint density at radius 3 is 2.46 bits per heavy atom. The number of rotatable bonds is 5. The first-order chi connectivity index (χ1) is 12.7. The zero-order valence-corrected chi connectivity index (χ0v) is 15.6. The van der Waals surface area contributed by atoms with Gasteiger partial charge in [-0.3, -0.25) is 9.59 Å². The van der Waals surface area contributed by atoms with Gasteiger partial charge < -0.3 is 19.9 Å². The van der Waals surface area contributed by atoms with Gasteiger partial charge in [0.05, 0.1) is 5.56 Å². The van der Waals surface area contributed by atoms with E-state index in [2.05, 4.69) is 10.2 Å². The minimum atomic E-state index is -0.0633. The van der Waals surface area contributed by atoms with Crippen LogP contribution in [0.2, 0.25) is 0 Å². The molecule has 0 bridgehead atoms. The molecule has 0 saturated carbocycles. The molecule has 0 radical (unpaired) electrons. The van der Waals surface area contributed by atoms with E-state index in [1.807, 2.05) is 29.2 Å². The number of likely N-dealkylation sites (tertiary alicyclic amines) is 1. The Morgan fingerprint density at radius 2 is 1.77 bits per heavy atom. The van der Waals surface area contributed by atoms with Crippen LogP contribution >= 0.6 is 0 Å². The summed E-state index contributed by atoms with van der Waals surface area (Å²) in [7, 11) is 1.53. The van der Waals surface area contributed by atoms with Gasteiger partial charge in [-0.25, -0.2) is 0 Å². The smallest absolute Gasteiger partial charge is 0.255 e. The van der Waals surface area contributed by atoms with Gasteiger partial charge in [-0.1, -0.05) is 12.1 Å². The first-order valence-corrected chi connectivity index (χ1v) is 9.60. The van der Waals surface area contributed by atoms with Crippen LogP contribution in [0.3, 0.4) is 0 Å². The molecule has 1 N–H and O–H groups in total. The van der Waals surface area contributed by atoms with Crippen LogP contribution in [-0.4, -0.2) is 62.7 Å². The van der Waals surface area contributed by atoms with Crippen molar-refractivity contribution < 1.29 is 14.3 Å². The normalized spacial score (nSPS) is 18.7. The van der Waals surface area contributed by atoms with Crippen molar-refractivity contribution >= 4 is 17.5 Å². The number of benzene rings is 1. The number of nitrogens with one attached hydrogen (secondary N) is 1. The molecule has 0 aliphatic carbocycles. The average Bonchev–Trinajstić information content (AvgIpc) is 2.69. The minimum Gasteiger partial charge on any atom is -0.375 e. The molecule has 142 valence electrons. The standard InChI is InChI=1S/C20H29N3O3/c1-26-15-19(24)21-16-9-13-22(14-10-16)18-8-4-3-7-17(18)20(25)23-11-5-2-6-12-23/h3-4,7-8,16H,2,5-6,9-15H2,1H3,(H,21,24). The lowest BCUT2D eigenvalue weighted by Crippen LogP contribution is -2.46. The molecule has 1 aromatic carbocycles. The Hall–Kier alpha value is -2.08. The number of amides is 2. The van der Waals surface area contributed by atoms with Crippen molar-refractivity contribution in [3.8, 4) is 0 Å². The van der Waals surface area contributed by atoms with Gasteiger partial charge in [0.25, 0.3) is 5.91 Å². The van der Waals surface area contributed by atoms with Gasteiger partial charge in [-0.15, -0.1) is 0 Å². The van der Waals surface area contributed by atoms with Gasteiger partial charge in [-0.05, 0) is 44.2 Å². The first-order valence-electron chi connectivity index (χ1n) is 9.60. The van der Waals surface area contributed by atoms with E-state index in [0.29, 0.717) is 0 Å². The number of anilines is 1. The molecule has 6 nitrogen and oxygen atoms in total. The second kappa shape index (κ2) is 9.03. The summed E-state index contributed by atoms with van der Waals surface area (Å²) in [5, 5.41) is 3.02. The van der Waals surface area contributed by atoms with Gasteiger partial charge in [0.2, 0.25) is 5.91 Å². The lowest BCUT2D eigenvalue weighted by atomic mass is 10.0. The Labute approximate surface area is 155 Å². The second-order valence-electron chi connectivity index (χ2n) is 7.13. The molecule has 2 aliphatic heterocycles. The van der Waals surface area contributed by atoms with Crippen molar-refractivity contribution in [1.82, 2.24) is 10.2 Å². The van der Waals surface area contributed by atoms with E-state index in [-0.39, 0.29) is 24.5 Å². The molecule has 2 amide bonds. The molecule has 0 unspecified atom stereocenters. The number of nitrogens with zero attached hydrogens (tertiary/aromatic N) is 2. The number of methoxy groups -OCH3 is 1. The third-order valence-corrected chi connectivity index (χ3v) is 5.25. The number of carbonyl (C=O) groups is 2. The molecule has 0 spiro atoms. The minimum absolute atomic E-state index is 0.0633. The molecule has 3 rings (SSSR count). The van der Waals surface area contributed by atoms with Crippen molar-refractivity contribution in [2.75, 3.05) is 44.8 Å². The first kappa shape index (κ1) is 18.7. The highest BCUT2D eigenvalue weighted by atomic mass is 16.5. The van der Waals surface area contributed by atoms with Crippen LogP contribution in [0.4, 0.5) is 5.69 Å². The summed E-state index contributed by atoms with van der Waals surface area (Å²) in [6.45, 7) is 3.50. The van der Waals surface area contributed by atoms with E-state index >= 15 is 0 Å². The highest BCUT2D eigenvalue weighted by Crippen LogP contribution is 2.26. The third kappa shape index (κ3) is 4.55. The molecule has 26 heavy (non-hydrogen) atoms. The van der Waals surface area contributed by atoms with Crippen LogP contribution in [0, 0.1) is 0 Å². The number of carbonyl (C=O) groups excluding carboxylic acids is 2. The van der Waals surface area contributed by atoms with Crippen LogP contribution in [-0.2, 0) is 9.53 Å². The summed E-state index contributed by atoms with van der Waals surface area (Å²) >= 11 is 0. The topological polar surface area (TPSA) is 61.9 Å². The monoisotopic (exact) mass is 359 g/mol. The summed E-state index contributed by atoms with van der Waals surface area (Å²) in [5.74, 6) is 0.0856. The number of hydrogen-bond acceptors (Lipinski definition) is 4. The fourth-order valence-electron chi connectivity index (χ4n) is 3.86. The van der Waals surface area contributed by atoms with Gasteiger partial charge in [0.1, 0.15) is 6.61 Å². The van der Waals surface area contributed by atoms with E-state index in [0.717, 1.165) is 63.1 Å². The Morgan fingerprint density at radius 1 is 1.08 bits per heavy atom. The van der Waals surface area contributed by atoms with Gasteiger partial charge in [0, 0.05) is 45.0 Å². The number of ether oxygens (including phenoxy) is 1. The highest BCUT2D eigenvalue weighted by molar-refractivity contribution is 5.99. The molecule has 2 fully saturated rings. The van der Waals surface area contributed by atoms with Crippen LogP contribution in [0.5, 0.6) is 0 Å². The van der Waals surface area contributed by atoms with Crippen LogP contribution in [0.1, 0.15) is 42.5 Å². The van der Waals surface area contributed by atoms with Gasteiger partial charge >= 0.3 is 0 Å². The summed E-state index contributed by atoms with van der Waals surface area (Å²) < 4.78 is 4.87. The number of para-hydroxylation sites is 1. The maximum absolute atomic E-state index is 13.0. The SMILES string of the molecule is COCC(=O)NC1CCN(c2ccccc2C(=O)N2CCCCC2)CC1. The molecular formula is C20H29N3O3. The molecule has 2 heterocycles. The molecule has 2 saturated heterocycles. The van der Waals surface area contributed by atoms with Gasteiger partial charge in [-0.2, -0.15) is 0 Å². The average molecular weight is 359 g/mol. The van der Waals surface area contributed by atoms with Crippen molar-refractivity contribution in [3.05, 3.63) is 29.8 Å². The maximum atomic E-state index is 13.0. The lowest BCUT2D eigenvalue weighted by Gasteiger charge is -2.35. The zero-order valence-electron chi connectivity index (χ0n) is 15.6. The van der Waals surface area contributed by atoms with E-state index in [1.54, 1.807) is 0 Å². The molecule has 1 aromatic rings. The van der Waals surface area contributed by atoms with E-state index in [9.17, 15) is 9.59 Å². The molecule has 6 heteroatoms. The second-order valence-corrected chi connectivity index (χ2v) is 7.13. The van der Waals surface area contributed by atoms with Gasteiger partial charge in [0.15, 0.2) is 0 Å². The van der Waals surface area contributed by atoms with E-state index < -0.39 is 0 Å². The van der Waals surface area contributed by atoms with E-state index in [4.69, 9.17) is 4.74 Å². The molecular weight excluding hydrogens is 330 g/mol. The summed E-state index contributed by atoms with van der Waals surface area (Å²) in [6.07, 6.45) is 5.16. The maximum Gasteiger partial charge on any atom is 0.255 e. The van der Waals surface area contributed by atoms with Crippen molar-refractivity contribution in [2.45, 2.75) is 38.1 Å². The molecule has 0 aromatic heterocycles. The van der Waals surface area contributed by atoms with E-state index in [1.165, 1.54) is 13.5 Å². The van der Waals surface area contributed by atoms with Crippen molar-refractivity contribution in [1.29, 1.82) is 0 Å². The summed E-state index contributed by atoms with van der Waals surface area (Å²) in [6, 6.07) is 8.10. The van der Waals surface area contributed by atoms with Crippen LogP contribution < -0.4 is 10.2 Å². The zero-order chi connectivity index (χ0) is 18.4. The summed E-state index contributed by atoms with van der Waals surface area (Å²) in [4.78, 5) is 28.9. The molecule has 0 atom stereocenters. The number of hydrogen-bond donors (Lipinski definition) is 1. The Kier molecular flexibility index (Phi) is 6.50. The molecule has 2 aliphatic rings.